The number of benzene rings is 2. The van der Waals surface area contributed by atoms with Gasteiger partial charge in [0.15, 0.2) is 0 Å². The minimum atomic E-state index is -3.81. The van der Waals surface area contributed by atoms with E-state index in [1.54, 1.807) is 6.07 Å². The third-order valence-electron chi connectivity index (χ3n) is 4.31. The minimum absolute atomic E-state index is 0.0962. The maximum Gasteiger partial charge on any atom is 0.323 e. The lowest BCUT2D eigenvalue weighted by atomic mass is 10.0. The molecule has 0 spiro atoms. The van der Waals surface area contributed by atoms with Crippen LogP contribution in [0.2, 0.25) is 0 Å². The molecule has 6 nitrogen and oxygen atoms in total. The molecule has 138 valence electrons. The third-order valence-corrected chi connectivity index (χ3v) is 6.67. The van der Waals surface area contributed by atoms with Gasteiger partial charge in [0, 0.05) is 4.88 Å². The first-order valence-electron chi connectivity index (χ1n) is 8.27. The summed E-state index contributed by atoms with van der Waals surface area (Å²) >= 11 is 1.49. The number of hydrogen-bond acceptors (Lipinski definition) is 4. The van der Waals surface area contributed by atoms with Crippen LogP contribution in [0, 0.1) is 6.92 Å². The summed E-state index contributed by atoms with van der Waals surface area (Å²) < 4.78 is 28.8. The number of fused-ring (bicyclic) bond motifs is 1. The van der Waals surface area contributed by atoms with Crippen molar-refractivity contribution in [1.29, 1.82) is 0 Å². The molecule has 0 unspecified atom stereocenters. The topological polar surface area (TPSA) is 94.8 Å². The Labute approximate surface area is 159 Å². The Kier molecular flexibility index (Phi) is 4.47. The van der Waals surface area contributed by atoms with Crippen LogP contribution >= 0.6 is 11.3 Å². The molecule has 0 bridgehead atoms. The van der Waals surface area contributed by atoms with E-state index in [1.165, 1.54) is 23.5 Å². The standard InChI is InChI=1S/C19H17N3O3S2/c1-12-4-6-13(7-5-12)18(17-3-2-10-26-17)22-27(24,25)14-8-9-15-16(11-14)21-19(23)20-15/h2-11,18,22H,1H3,(H2,20,21,23)/t18-/m1/s1. The van der Waals surface area contributed by atoms with Crippen molar-refractivity contribution < 1.29 is 8.42 Å². The van der Waals surface area contributed by atoms with Gasteiger partial charge in [-0.25, -0.2) is 13.2 Å². The molecule has 27 heavy (non-hydrogen) atoms. The van der Waals surface area contributed by atoms with E-state index in [1.807, 2.05) is 48.7 Å². The van der Waals surface area contributed by atoms with Gasteiger partial charge in [0.05, 0.1) is 22.0 Å². The molecule has 0 aliphatic carbocycles. The number of hydrogen-bond donors (Lipinski definition) is 3. The summed E-state index contributed by atoms with van der Waals surface area (Å²) in [5, 5.41) is 1.92. The summed E-state index contributed by atoms with van der Waals surface area (Å²) in [5.74, 6) is 0. The molecule has 3 N–H and O–H groups in total. The van der Waals surface area contributed by atoms with Crippen molar-refractivity contribution in [2.24, 2.45) is 0 Å². The molecule has 0 fully saturated rings. The highest BCUT2D eigenvalue weighted by Crippen LogP contribution is 2.28. The highest BCUT2D eigenvalue weighted by Gasteiger charge is 2.24. The Morgan fingerprint density at radius 3 is 2.44 bits per heavy atom. The Bertz CT molecular complexity index is 1240. The quantitative estimate of drug-likeness (QED) is 0.481. The van der Waals surface area contributed by atoms with Crippen molar-refractivity contribution in [3.8, 4) is 0 Å². The average Bonchev–Trinajstić information content (AvgIpc) is 3.28. The zero-order valence-electron chi connectivity index (χ0n) is 14.4. The highest BCUT2D eigenvalue weighted by molar-refractivity contribution is 7.89. The van der Waals surface area contributed by atoms with Crippen LogP contribution in [0.15, 0.2) is 69.7 Å². The van der Waals surface area contributed by atoms with Gasteiger partial charge in [0.2, 0.25) is 10.0 Å². The smallest absolute Gasteiger partial charge is 0.306 e. The van der Waals surface area contributed by atoms with Gasteiger partial charge < -0.3 is 9.97 Å². The number of aryl methyl sites for hydroxylation is 1. The lowest BCUT2D eigenvalue weighted by Crippen LogP contribution is -2.29. The van der Waals surface area contributed by atoms with Crippen LogP contribution in [0.1, 0.15) is 22.0 Å². The molecule has 0 aliphatic rings. The van der Waals surface area contributed by atoms with Gasteiger partial charge in [-0.1, -0.05) is 35.9 Å². The number of rotatable bonds is 5. The van der Waals surface area contributed by atoms with Crippen LogP contribution in [0.25, 0.3) is 11.0 Å². The maximum absolute atomic E-state index is 13.0. The van der Waals surface area contributed by atoms with Crippen LogP contribution in [-0.4, -0.2) is 18.4 Å². The average molecular weight is 399 g/mol. The van der Waals surface area contributed by atoms with E-state index in [4.69, 9.17) is 0 Å². The van der Waals surface area contributed by atoms with Crippen molar-refractivity contribution in [3.05, 3.63) is 86.5 Å². The van der Waals surface area contributed by atoms with E-state index in [2.05, 4.69) is 14.7 Å². The van der Waals surface area contributed by atoms with E-state index in [9.17, 15) is 13.2 Å². The Balaban J connectivity index is 1.74. The van der Waals surface area contributed by atoms with Crippen LogP contribution in [-0.2, 0) is 10.0 Å². The first kappa shape index (κ1) is 17.7. The second-order valence-electron chi connectivity index (χ2n) is 6.27. The molecule has 0 saturated carbocycles. The van der Waals surface area contributed by atoms with Gasteiger partial charge in [-0.15, -0.1) is 11.3 Å². The van der Waals surface area contributed by atoms with E-state index in [0.717, 1.165) is 16.0 Å². The van der Waals surface area contributed by atoms with Gasteiger partial charge in [-0.05, 0) is 42.1 Å². The number of aromatic amines is 2. The predicted molar refractivity (Wildman–Crippen MR) is 107 cm³/mol. The predicted octanol–water partition coefficient (Wildman–Crippen LogP) is 3.29. The van der Waals surface area contributed by atoms with Gasteiger partial charge in [-0.2, -0.15) is 4.72 Å². The molecule has 0 amide bonds. The van der Waals surface area contributed by atoms with Crippen molar-refractivity contribution >= 4 is 32.4 Å². The lowest BCUT2D eigenvalue weighted by Gasteiger charge is -2.18. The first-order chi connectivity index (χ1) is 12.9. The monoisotopic (exact) mass is 399 g/mol. The van der Waals surface area contributed by atoms with E-state index >= 15 is 0 Å². The molecule has 2 aromatic carbocycles. The first-order valence-corrected chi connectivity index (χ1v) is 10.6. The van der Waals surface area contributed by atoms with Gasteiger partial charge in [0.25, 0.3) is 0 Å². The number of sulfonamides is 1. The molecule has 0 aliphatic heterocycles. The van der Waals surface area contributed by atoms with E-state index in [0.29, 0.717) is 11.0 Å². The Morgan fingerprint density at radius 2 is 1.74 bits per heavy atom. The zero-order valence-corrected chi connectivity index (χ0v) is 16.0. The van der Waals surface area contributed by atoms with Crippen LogP contribution in [0.3, 0.4) is 0 Å². The van der Waals surface area contributed by atoms with Crippen LogP contribution < -0.4 is 10.4 Å². The summed E-state index contributed by atoms with van der Waals surface area (Å²) in [6, 6.07) is 15.6. The second-order valence-corrected chi connectivity index (χ2v) is 8.96. The van der Waals surface area contributed by atoms with Crippen LogP contribution in [0.5, 0.6) is 0 Å². The number of imidazole rings is 1. The van der Waals surface area contributed by atoms with Gasteiger partial charge in [-0.3, -0.25) is 0 Å². The number of aromatic nitrogens is 2. The van der Waals surface area contributed by atoms with Crippen LogP contribution in [0.4, 0.5) is 0 Å². The molecule has 4 rings (SSSR count). The minimum Gasteiger partial charge on any atom is -0.306 e. The van der Waals surface area contributed by atoms with Crippen molar-refractivity contribution in [2.45, 2.75) is 17.9 Å². The fraction of sp³-hybridized carbons (Fsp3) is 0.105. The van der Waals surface area contributed by atoms with Crippen molar-refractivity contribution in [3.63, 3.8) is 0 Å². The zero-order chi connectivity index (χ0) is 19.0. The summed E-state index contributed by atoms with van der Waals surface area (Å²) in [6.45, 7) is 1.99. The summed E-state index contributed by atoms with van der Waals surface area (Å²) in [5.41, 5.74) is 2.61. The molecular weight excluding hydrogens is 382 g/mol. The third kappa shape index (κ3) is 3.59. The lowest BCUT2D eigenvalue weighted by molar-refractivity contribution is 0.573. The molecule has 2 aromatic heterocycles. The van der Waals surface area contributed by atoms with E-state index in [-0.39, 0.29) is 10.6 Å². The maximum atomic E-state index is 13.0. The molecule has 0 saturated heterocycles. The Morgan fingerprint density at radius 1 is 1.00 bits per heavy atom. The molecule has 2 heterocycles. The molecule has 0 radical (unpaired) electrons. The number of H-pyrrole nitrogens is 2. The highest BCUT2D eigenvalue weighted by atomic mass is 32.2. The number of thiophene rings is 1. The Hall–Kier alpha value is -2.68. The number of nitrogens with one attached hydrogen (secondary N) is 3. The fourth-order valence-electron chi connectivity index (χ4n) is 2.91. The van der Waals surface area contributed by atoms with Crippen molar-refractivity contribution in [1.82, 2.24) is 14.7 Å². The largest absolute Gasteiger partial charge is 0.323 e. The molecule has 4 aromatic rings. The summed E-state index contributed by atoms with van der Waals surface area (Å²) in [6.07, 6.45) is 0. The normalized spacial score (nSPS) is 13.1. The molecule has 8 heteroatoms. The van der Waals surface area contributed by atoms with E-state index < -0.39 is 16.1 Å². The van der Waals surface area contributed by atoms with Gasteiger partial charge in [0.1, 0.15) is 0 Å². The summed E-state index contributed by atoms with van der Waals surface area (Å²) in [4.78, 5) is 17.6. The second kappa shape index (κ2) is 6.80. The fourth-order valence-corrected chi connectivity index (χ4v) is 5.01. The van der Waals surface area contributed by atoms with Crippen molar-refractivity contribution in [2.75, 3.05) is 0 Å². The molecule has 1 atom stereocenters. The SMILES string of the molecule is Cc1ccc([C@@H](NS(=O)(=O)c2ccc3[nH]c(=O)[nH]c3c2)c2cccs2)cc1. The van der Waals surface area contributed by atoms with Gasteiger partial charge >= 0.3 is 5.69 Å². The summed E-state index contributed by atoms with van der Waals surface area (Å²) in [7, 11) is -3.81. The molecular formula is C19H17N3O3S2.